The molecular weight excluding hydrogens is 208 g/mol. The summed E-state index contributed by atoms with van der Waals surface area (Å²) in [6.45, 7) is 8.35. The van der Waals surface area contributed by atoms with Gasteiger partial charge in [0.15, 0.2) is 0 Å². The van der Waals surface area contributed by atoms with Crippen LogP contribution in [0.4, 0.5) is 0 Å². The number of carboxylic acid groups (broad SMARTS) is 1. The van der Waals surface area contributed by atoms with E-state index in [2.05, 4.69) is 10.6 Å². The summed E-state index contributed by atoms with van der Waals surface area (Å²) >= 11 is 0. The zero-order valence-electron chi connectivity index (χ0n) is 10.5. The van der Waals surface area contributed by atoms with E-state index in [1.807, 2.05) is 20.8 Å². The van der Waals surface area contributed by atoms with E-state index in [9.17, 15) is 9.59 Å². The van der Waals surface area contributed by atoms with Crippen LogP contribution < -0.4 is 10.6 Å². The second-order valence-electron chi connectivity index (χ2n) is 4.99. The van der Waals surface area contributed by atoms with Crippen LogP contribution in [0.25, 0.3) is 0 Å². The van der Waals surface area contributed by atoms with Crippen LogP contribution in [0.5, 0.6) is 0 Å². The number of rotatable bonds is 6. The highest BCUT2D eigenvalue weighted by Gasteiger charge is 2.12. The number of aliphatic carboxylic acids is 1. The summed E-state index contributed by atoms with van der Waals surface area (Å²) in [5.74, 6) is -1.02. The van der Waals surface area contributed by atoms with E-state index in [1.54, 1.807) is 6.92 Å². The van der Waals surface area contributed by atoms with Crippen molar-refractivity contribution >= 4 is 11.9 Å². The normalized spacial score (nSPS) is 13.2. The van der Waals surface area contributed by atoms with E-state index < -0.39 is 5.97 Å². The first-order valence-corrected chi connectivity index (χ1v) is 5.47. The SMILES string of the molecule is CC(CC(=O)O)NC(=O)CCNC(C)(C)C. The van der Waals surface area contributed by atoms with Crippen molar-refractivity contribution in [2.24, 2.45) is 0 Å². The lowest BCUT2D eigenvalue weighted by molar-refractivity contribution is -0.137. The summed E-state index contributed by atoms with van der Waals surface area (Å²) in [5, 5.41) is 14.3. The van der Waals surface area contributed by atoms with Gasteiger partial charge in [-0.15, -0.1) is 0 Å². The van der Waals surface area contributed by atoms with Crippen molar-refractivity contribution in [2.75, 3.05) is 6.54 Å². The van der Waals surface area contributed by atoms with Gasteiger partial charge in [-0.25, -0.2) is 0 Å². The number of amides is 1. The predicted octanol–water partition coefficient (Wildman–Crippen LogP) is 0.744. The van der Waals surface area contributed by atoms with E-state index in [0.29, 0.717) is 13.0 Å². The second kappa shape index (κ2) is 6.48. The van der Waals surface area contributed by atoms with Gasteiger partial charge in [0.1, 0.15) is 0 Å². The molecule has 1 amide bonds. The smallest absolute Gasteiger partial charge is 0.305 e. The summed E-state index contributed by atoms with van der Waals surface area (Å²) < 4.78 is 0. The van der Waals surface area contributed by atoms with Gasteiger partial charge in [0, 0.05) is 24.5 Å². The van der Waals surface area contributed by atoms with Gasteiger partial charge in [-0.3, -0.25) is 9.59 Å². The minimum atomic E-state index is -0.902. The average Bonchev–Trinajstić information content (AvgIpc) is 1.98. The Labute approximate surface area is 96.6 Å². The molecule has 0 aromatic rings. The molecule has 0 radical (unpaired) electrons. The molecule has 0 fully saturated rings. The molecule has 0 bridgehead atoms. The standard InChI is InChI=1S/C11H22N2O3/c1-8(7-10(15)16)13-9(14)5-6-12-11(2,3)4/h8,12H,5-7H2,1-4H3,(H,13,14)(H,15,16). The lowest BCUT2D eigenvalue weighted by Crippen LogP contribution is -2.40. The molecule has 0 heterocycles. The fourth-order valence-electron chi connectivity index (χ4n) is 1.21. The summed E-state index contributed by atoms with van der Waals surface area (Å²) in [6.07, 6.45) is 0.319. The van der Waals surface area contributed by atoms with Crippen molar-refractivity contribution < 1.29 is 14.7 Å². The number of carbonyl (C=O) groups is 2. The van der Waals surface area contributed by atoms with E-state index in [-0.39, 0.29) is 23.9 Å². The zero-order chi connectivity index (χ0) is 12.8. The van der Waals surface area contributed by atoms with Crippen LogP contribution in [0.2, 0.25) is 0 Å². The van der Waals surface area contributed by atoms with Crippen LogP contribution >= 0.6 is 0 Å². The van der Waals surface area contributed by atoms with Gasteiger partial charge >= 0.3 is 5.97 Å². The topological polar surface area (TPSA) is 78.4 Å². The van der Waals surface area contributed by atoms with E-state index in [1.165, 1.54) is 0 Å². The minimum Gasteiger partial charge on any atom is -0.481 e. The zero-order valence-corrected chi connectivity index (χ0v) is 10.5. The van der Waals surface area contributed by atoms with Crippen molar-refractivity contribution in [1.82, 2.24) is 10.6 Å². The van der Waals surface area contributed by atoms with Crippen LogP contribution in [0.1, 0.15) is 40.5 Å². The van der Waals surface area contributed by atoms with E-state index >= 15 is 0 Å². The number of carboxylic acids is 1. The molecule has 0 saturated carbocycles. The quantitative estimate of drug-likeness (QED) is 0.629. The first-order valence-electron chi connectivity index (χ1n) is 5.47. The molecule has 1 unspecified atom stereocenters. The first-order chi connectivity index (χ1) is 7.20. The maximum Gasteiger partial charge on any atom is 0.305 e. The predicted molar refractivity (Wildman–Crippen MR) is 62.2 cm³/mol. The fourth-order valence-corrected chi connectivity index (χ4v) is 1.21. The molecule has 94 valence electrons. The third-order valence-corrected chi connectivity index (χ3v) is 1.90. The van der Waals surface area contributed by atoms with Gasteiger partial charge in [0.25, 0.3) is 0 Å². The molecule has 5 nitrogen and oxygen atoms in total. The Kier molecular flexibility index (Phi) is 6.03. The van der Waals surface area contributed by atoms with Crippen molar-refractivity contribution in [2.45, 2.75) is 52.1 Å². The number of carbonyl (C=O) groups excluding carboxylic acids is 1. The maximum atomic E-state index is 11.4. The van der Waals surface area contributed by atoms with Crippen molar-refractivity contribution in [3.63, 3.8) is 0 Å². The highest BCUT2D eigenvalue weighted by atomic mass is 16.4. The van der Waals surface area contributed by atoms with Crippen LogP contribution in [0, 0.1) is 0 Å². The molecule has 0 aromatic heterocycles. The Morgan fingerprint density at radius 2 is 1.88 bits per heavy atom. The van der Waals surface area contributed by atoms with Gasteiger partial charge in [0.2, 0.25) is 5.91 Å². The molecule has 0 aliphatic heterocycles. The Morgan fingerprint density at radius 1 is 1.31 bits per heavy atom. The summed E-state index contributed by atoms with van der Waals surface area (Å²) in [6, 6.07) is -0.320. The molecule has 0 aliphatic carbocycles. The minimum absolute atomic E-state index is 0.00698. The monoisotopic (exact) mass is 230 g/mol. The van der Waals surface area contributed by atoms with Crippen LogP contribution in [0.15, 0.2) is 0 Å². The van der Waals surface area contributed by atoms with Gasteiger partial charge < -0.3 is 15.7 Å². The summed E-state index contributed by atoms with van der Waals surface area (Å²) in [5.41, 5.74) is -0.00698. The number of hydrogen-bond acceptors (Lipinski definition) is 3. The summed E-state index contributed by atoms with van der Waals surface area (Å²) in [7, 11) is 0. The van der Waals surface area contributed by atoms with Crippen LogP contribution in [-0.2, 0) is 9.59 Å². The van der Waals surface area contributed by atoms with Gasteiger partial charge in [-0.2, -0.15) is 0 Å². The third-order valence-electron chi connectivity index (χ3n) is 1.90. The molecule has 0 saturated heterocycles. The Balaban J connectivity index is 3.70. The molecule has 0 aromatic carbocycles. The highest BCUT2D eigenvalue weighted by Crippen LogP contribution is 1.98. The van der Waals surface area contributed by atoms with Crippen LogP contribution in [-0.4, -0.2) is 35.1 Å². The van der Waals surface area contributed by atoms with Gasteiger partial charge in [-0.05, 0) is 27.7 Å². The number of hydrogen-bond donors (Lipinski definition) is 3. The molecule has 3 N–H and O–H groups in total. The second-order valence-corrected chi connectivity index (χ2v) is 4.99. The lowest BCUT2D eigenvalue weighted by Gasteiger charge is -2.20. The van der Waals surface area contributed by atoms with Crippen molar-refractivity contribution in [3.05, 3.63) is 0 Å². The Hall–Kier alpha value is -1.10. The van der Waals surface area contributed by atoms with Crippen molar-refractivity contribution in [1.29, 1.82) is 0 Å². The molecular formula is C11H22N2O3. The third kappa shape index (κ3) is 9.45. The Bertz CT molecular complexity index is 246. The summed E-state index contributed by atoms with van der Waals surface area (Å²) in [4.78, 5) is 21.7. The van der Waals surface area contributed by atoms with Gasteiger partial charge in [0.05, 0.1) is 6.42 Å². The van der Waals surface area contributed by atoms with E-state index in [4.69, 9.17) is 5.11 Å². The van der Waals surface area contributed by atoms with E-state index in [0.717, 1.165) is 0 Å². The average molecular weight is 230 g/mol. The molecule has 5 heteroatoms. The van der Waals surface area contributed by atoms with Crippen LogP contribution in [0.3, 0.4) is 0 Å². The van der Waals surface area contributed by atoms with Gasteiger partial charge in [-0.1, -0.05) is 0 Å². The van der Waals surface area contributed by atoms with Crippen molar-refractivity contribution in [3.8, 4) is 0 Å². The molecule has 0 rings (SSSR count). The molecule has 16 heavy (non-hydrogen) atoms. The first kappa shape index (κ1) is 14.9. The molecule has 0 spiro atoms. The Morgan fingerprint density at radius 3 is 2.31 bits per heavy atom. The maximum absolute atomic E-state index is 11.4. The molecule has 1 atom stereocenters. The molecule has 0 aliphatic rings. The lowest BCUT2D eigenvalue weighted by atomic mass is 10.1. The highest BCUT2D eigenvalue weighted by molar-refractivity contribution is 5.77. The fraction of sp³-hybridized carbons (Fsp3) is 0.818. The largest absolute Gasteiger partial charge is 0.481 e. The number of nitrogens with one attached hydrogen (secondary N) is 2.